The van der Waals surface area contributed by atoms with Crippen LogP contribution in [-0.2, 0) is 0 Å². The number of phenolic OH excluding ortho intramolecular Hbond substituents is 2. The van der Waals surface area contributed by atoms with Crippen LogP contribution in [0.5, 0.6) is 11.5 Å². The minimum Gasteiger partial charge on any atom is -0.507 e. The fraction of sp³-hybridized carbons (Fsp3) is 0.167. The van der Waals surface area contributed by atoms with E-state index in [2.05, 4.69) is 0 Å². The fourth-order valence-electron chi connectivity index (χ4n) is 4.04. The van der Waals surface area contributed by atoms with Crippen molar-refractivity contribution in [3.05, 3.63) is 129 Å². The van der Waals surface area contributed by atoms with E-state index >= 15 is 0 Å². The van der Waals surface area contributed by atoms with Gasteiger partial charge in [-0.2, -0.15) is 0 Å². The number of hydrogen-bond acceptors (Lipinski definition) is 3. The van der Waals surface area contributed by atoms with Crippen LogP contribution in [0.15, 0.2) is 84.9 Å². The lowest BCUT2D eigenvalue weighted by atomic mass is 9.82. The summed E-state index contributed by atoms with van der Waals surface area (Å²) in [5.41, 5.74) is 7.11. The van der Waals surface area contributed by atoms with Crippen LogP contribution in [0.2, 0.25) is 0 Å². The summed E-state index contributed by atoms with van der Waals surface area (Å²) in [6.45, 7) is 7.58. The summed E-state index contributed by atoms with van der Waals surface area (Å²) in [5, 5.41) is 20.3. The predicted octanol–water partition coefficient (Wildman–Crippen LogP) is 7.01. The van der Waals surface area contributed by atoms with Crippen molar-refractivity contribution in [2.75, 3.05) is 0 Å². The van der Waals surface area contributed by atoms with Crippen molar-refractivity contribution >= 4 is 6.29 Å². The van der Waals surface area contributed by atoms with Gasteiger partial charge in [0.15, 0.2) is 0 Å². The molecule has 0 saturated carbocycles. The molecule has 0 fully saturated rings. The normalized spacial score (nSPS) is 10.5. The third kappa shape index (κ3) is 5.69. The van der Waals surface area contributed by atoms with Crippen molar-refractivity contribution in [3.8, 4) is 11.5 Å². The number of carbonyl (C=O) groups is 1. The Morgan fingerprint density at radius 2 is 0.909 bits per heavy atom. The molecule has 0 aliphatic heterocycles. The molecule has 0 aliphatic rings. The number of aldehydes is 1. The Labute approximate surface area is 196 Å². The summed E-state index contributed by atoms with van der Waals surface area (Å²) in [7, 11) is 0. The average Bonchev–Trinajstić information content (AvgIpc) is 2.83. The second-order valence-electron chi connectivity index (χ2n) is 8.38. The van der Waals surface area contributed by atoms with Gasteiger partial charge in [-0.05, 0) is 66.6 Å². The number of phenols is 2. The molecule has 0 amide bonds. The van der Waals surface area contributed by atoms with Crippen molar-refractivity contribution in [2.45, 2.75) is 33.6 Å². The molecular formula is C30H30O3. The van der Waals surface area contributed by atoms with Crippen molar-refractivity contribution in [1.82, 2.24) is 0 Å². The average molecular weight is 439 g/mol. The largest absolute Gasteiger partial charge is 0.507 e. The van der Waals surface area contributed by atoms with E-state index in [1.54, 1.807) is 0 Å². The molecule has 4 aromatic carbocycles. The van der Waals surface area contributed by atoms with Gasteiger partial charge in [0.05, 0.1) is 0 Å². The maximum absolute atomic E-state index is 11.0. The third-order valence-corrected chi connectivity index (χ3v) is 5.77. The van der Waals surface area contributed by atoms with Gasteiger partial charge in [0.1, 0.15) is 17.8 Å². The summed E-state index contributed by atoms with van der Waals surface area (Å²) in [5.74, 6) is 0.556. The van der Waals surface area contributed by atoms with Crippen molar-refractivity contribution in [3.63, 3.8) is 0 Å². The van der Waals surface area contributed by atoms with E-state index in [1.165, 1.54) is 0 Å². The van der Waals surface area contributed by atoms with Crippen LogP contribution >= 0.6 is 0 Å². The van der Waals surface area contributed by atoms with Gasteiger partial charge in [0.2, 0.25) is 0 Å². The van der Waals surface area contributed by atoms with Gasteiger partial charge in [0.25, 0.3) is 0 Å². The Kier molecular flexibility index (Phi) is 7.68. The van der Waals surface area contributed by atoms with E-state index in [-0.39, 0.29) is 5.92 Å². The lowest BCUT2D eigenvalue weighted by Gasteiger charge is -2.22. The van der Waals surface area contributed by atoms with Gasteiger partial charge >= 0.3 is 0 Å². The molecule has 4 rings (SSSR count). The molecule has 168 valence electrons. The molecular weight excluding hydrogens is 408 g/mol. The first-order valence-corrected chi connectivity index (χ1v) is 11.0. The quantitative estimate of drug-likeness (QED) is 0.266. The summed E-state index contributed by atoms with van der Waals surface area (Å²) in [6, 6.07) is 27.5. The SMILES string of the molecule is Cc1cc(C(c2ccc(C=O)cc2)c2cc(C)c(O)c(C)c2)cc(C)c1O.c1ccccc1. The smallest absolute Gasteiger partial charge is 0.150 e. The first-order valence-electron chi connectivity index (χ1n) is 11.0. The highest BCUT2D eigenvalue weighted by Crippen LogP contribution is 2.38. The van der Waals surface area contributed by atoms with E-state index in [9.17, 15) is 15.0 Å². The number of aromatic hydroxyl groups is 2. The monoisotopic (exact) mass is 438 g/mol. The summed E-state index contributed by atoms with van der Waals surface area (Å²) in [4.78, 5) is 11.0. The highest BCUT2D eigenvalue weighted by Gasteiger charge is 2.20. The van der Waals surface area contributed by atoms with Gasteiger partial charge < -0.3 is 10.2 Å². The first kappa shape index (κ1) is 23.8. The molecule has 0 unspecified atom stereocenters. The molecule has 3 nitrogen and oxygen atoms in total. The van der Waals surface area contributed by atoms with E-state index in [1.807, 2.05) is 113 Å². The molecule has 3 heteroatoms. The molecule has 0 heterocycles. The Morgan fingerprint density at radius 1 is 0.576 bits per heavy atom. The Morgan fingerprint density at radius 3 is 1.21 bits per heavy atom. The Balaban J connectivity index is 0.000000442. The van der Waals surface area contributed by atoms with Gasteiger partial charge in [-0.15, -0.1) is 0 Å². The summed E-state index contributed by atoms with van der Waals surface area (Å²) < 4.78 is 0. The Hall–Kier alpha value is -3.85. The minimum absolute atomic E-state index is 0.0679. The lowest BCUT2D eigenvalue weighted by molar-refractivity contribution is 0.112. The molecule has 0 spiro atoms. The van der Waals surface area contributed by atoms with E-state index in [4.69, 9.17) is 0 Å². The highest BCUT2D eigenvalue weighted by molar-refractivity contribution is 5.74. The molecule has 0 bridgehead atoms. The fourth-order valence-corrected chi connectivity index (χ4v) is 4.04. The molecule has 2 N–H and O–H groups in total. The van der Waals surface area contributed by atoms with Crippen molar-refractivity contribution in [1.29, 1.82) is 0 Å². The number of benzene rings is 4. The third-order valence-electron chi connectivity index (χ3n) is 5.77. The van der Waals surface area contributed by atoms with Crippen LogP contribution in [0.1, 0.15) is 55.2 Å². The molecule has 33 heavy (non-hydrogen) atoms. The zero-order chi connectivity index (χ0) is 24.0. The van der Waals surface area contributed by atoms with Crippen LogP contribution in [0, 0.1) is 27.7 Å². The summed E-state index contributed by atoms with van der Waals surface area (Å²) in [6.07, 6.45) is 0.836. The van der Waals surface area contributed by atoms with Gasteiger partial charge in [-0.3, -0.25) is 4.79 Å². The van der Waals surface area contributed by atoms with Crippen LogP contribution < -0.4 is 0 Å². The van der Waals surface area contributed by atoms with E-state index < -0.39 is 0 Å². The van der Waals surface area contributed by atoms with Crippen LogP contribution in [0.3, 0.4) is 0 Å². The predicted molar refractivity (Wildman–Crippen MR) is 134 cm³/mol. The second-order valence-corrected chi connectivity index (χ2v) is 8.38. The van der Waals surface area contributed by atoms with Gasteiger partial charge in [-0.25, -0.2) is 0 Å². The number of carbonyl (C=O) groups excluding carboxylic acids is 1. The van der Waals surface area contributed by atoms with Gasteiger partial charge in [-0.1, -0.05) is 84.9 Å². The molecule has 0 atom stereocenters. The standard InChI is InChI=1S/C24H24O3.C6H6/c1-14-9-20(10-15(2)23(14)26)22(19-7-5-18(13-25)6-8-19)21-11-16(3)24(27)17(4)12-21;1-2-4-6-5-3-1/h5-13,22,26-27H,1-4H3;1-6H. The van der Waals surface area contributed by atoms with Crippen molar-refractivity contribution in [2.24, 2.45) is 0 Å². The minimum atomic E-state index is -0.0679. The second kappa shape index (κ2) is 10.6. The zero-order valence-electron chi connectivity index (χ0n) is 19.5. The molecule has 0 radical (unpaired) electrons. The Bertz CT molecular complexity index is 1100. The maximum atomic E-state index is 11.0. The van der Waals surface area contributed by atoms with Crippen LogP contribution in [-0.4, -0.2) is 16.5 Å². The lowest BCUT2D eigenvalue weighted by Crippen LogP contribution is -2.06. The number of rotatable bonds is 4. The van der Waals surface area contributed by atoms with Crippen LogP contribution in [0.4, 0.5) is 0 Å². The van der Waals surface area contributed by atoms with E-state index in [0.717, 1.165) is 45.2 Å². The zero-order valence-corrected chi connectivity index (χ0v) is 19.5. The highest BCUT2D eigenvalue weighted by atomic mass is 16.3. The first-order chi connectivity index (χ1) is 15.8. The van der Waals surface area contributed by atoms with E-state index in [0.29, 0.717) is 17.1 Å². The molecule has 0 saturated heterocycles. The number of hydrogen-bond donors (Lipinski definition) is 2. The molecule has 0 aliphatic carbocycles. The summed E-state index contributed by atoms with van der Waals surface area (Å²) >= 11 is 0. The topological polar surface area (TPSA) is 57.5 Å². The molecule has 4 aromatic rings. The van der Waals surface area contributed by atoms with Crippen LogP contribution in [0.25, 0.3) is 0 Å². The van der Waals surface area contributed by atoms with Gasteiger partial charge in [0, 0.05) is 11.5 Å². The maximum Gasteiger partial charge on any atom is 0.150 e. The number of aryl methyl sites for hydroxylation is 4. The van der Waals surface area contributed by atoms with Crippen molar-refractivity contribution < 1.29 is 15.0 Å². The molecule has 0 aromatic heterocycles.